The highest BCUT2D eigenvalue weighted by atomic mass is 35.5. The molecule has 2 rings (SSSR count). The number of carbonyl (C=O) groups excluding carboxylic acids is 1. The van der Waals surface area contributed by atoms with E-state index in [-0.39, 0.29) is 5.41 Å². The Kier molecular flexibility index (Phi) is 4.47. The summed E-state index contributed by atoms with van der Waals surface area (Å²) in [6.45, 7) is 8.13. The van der Waals surface area contributed by atoms with E-state index in [1.807, 2.05) is 33.0 Å². The Labute approximate surface area is 131 Å². The van der Waals surface area contributed by atoms with Gasteiger partial charge in [-0.25, -0.2) is 4.79 Å². The molecular formula is C16H23ClN2O2. The van der Waals surface area contributed by atoms with Crippen LogP contribution < -0.4 is 5.32 Å². The summed E-state index contributed by atoms with van der Waals surface area (Å²) in [5.74, 6) is 0. The average Bonchev–Trinajstić information content (AvgIpc) is 3.15. The van der Waals surface area contributed by atoms with Gasteiger partial charge in [0, 0.05) is 18.2 Å². The van der Waals surface area contributed by atoms with Crippen LogP contribution in [0.3, 0.4) is 0 Å². The molecule has 1 aromatic rings. The normalized spacial score (nSPS) is 16.4. The second kappa shape index (κ2) is 5.84. The number of carbonyl (C=O) groups is 1. The molecule has 5 heteroatoms. The van der Waals surface area contributed by atoms with E-state index in [9.17, 15) is 4.79 Å². The molecule has 0 bridgehead atoms. The first-order valence-corrected chi connectivity index (χ1v) is 7.75. The Morgan fingerprint density at radius 1 is 1.48 bits per heavy atom. The summed E-state index contributed by atoms with van der Waals surface area (Å²) in [5.41, 5.74) is 1.40. The van der Waals surface area contributed by atoms with E-state index in [1.165, 1.54) is 0 Å². The summed E-state index contributed by atoms with van der Waals surface area (Å²) < 4.78 is 5.26. The molecule has 0 aromatic carbocycles. The van der Waals surface area contributed by atoms with Crippen LogP contribution >= 0.6 is 11.6 Å². The van der Waals surface area contributed by atoms with Gasteiger partial charge in [-0.2, -0.15) is 0 Å². The number of pyridine rings is 1. The molecule has 0 aliphatic heterocycles. The number of rotatable bonds is 4. The lowest BCUT2D eigenvalue weighted by Gasteiger charge is -2.22. The largest absolute Gasteiger partial charge is 0.444 e. The topological polar surface area (TPSA) is 51.2 Å². The average molecular weight is 311 g/mol. The molecule has 21 heavy (non-hydrogen) atoms. The maximum Gasteiger partial charge on any atom is 0.407 e. The van der Waals surface area contributed by atoms with Gasteiger partial charge in [0.2, 0.25) is 0 Å². The number of alkyl carbamates (subject to hydrolysis) is 1. The lowest BCUT2D eigenvalue weighted by molar-refractivity contribution is 0.0522. The van der Waals surface area contributed by atoms with Crippen molar-refractivity contribution in [2.45, 2.75) is 58.0 Å². The molecule has 0 radical (unpaired) electrons. The second-order valence-electron chi connectivity index (χ2n) is 6.66. The first-order valence-electron chi connectivity index (χ1n) is 7.37. The van der Waals surface area contributed by atoms with Gasteiger partial charge in [0.1, 0.15) is 5.60 Å². The van der Waals surface area contributed by atoms with Crippen LogP contribution in [0, 0.1) is 0 Å². The van der Waals surface area contributed by atoms with E-state index < -0.39 is 11.7 Å². The van der Waals surface area contributed by atoms with Crippen molar-refractivity contribution >= 4 is 17.7 Å². The smallest absolute Gasteiger partial charge is 0.407 e. The van der Waals surface area contributed by atoms with Crippen molar-refractivity contribution in [2.75, 3.05) is 6.54 Å². The van der Waals surface area contributed by atoms with Crippen LogP contribution in [0.15, 0.2) is 12.3 Å². The molecule has 1 amide bonds. The second-order valence-corrected chi connectivity index (χ2v) is 7.07. The molecule has 0 unspecified atom stereocenters. The van der Waals surface area contributed by atoms with Crippen LogP contribution in [0.25, 0.3) is 0 Å². The third-order valence-corrected chi connectivity index (χ3v) is 3.92. The van der Waals surface area contributed by atoms with Crippen LogP contribution in [-0.2, 0) is 16.6 Å². The van der Waals surface area contributed by atoms with Gasteiger partial charge in [-0.15, -0.1) is 0 Å². The number of nitrogens with one attached hydrogen (secondary N) is 1. The number of halogens is 1. The standard InChI is InChI=1S/C16H23ClN2O2/c1-5-11-8-12(17)13(18-9-11)16(6-7-16)10-19-14(20)21-15(2,3)4/h8-9H,5-7,10H2,1-4H3,(H,19,20). The first kappa shape index (κ1) is 16.1. The maximum atomic E-state index is 11.8. The Balaban J connectivity index is 2.02. The number of amides is 1. The maximum absolute atomic E-state index is 11.8. The Hall–Kier alpha value is -1.29. The molecule has 1 heterocycles. The van der Waals surface area contributed by atoms with Crippen molar-refractivity contribution < 1.29 is 9.53 Å². The van der Waals surface area contributed by atoms with Crippen molar-refractivity contribution in [2.24, 2.45) is 0 Å². The molecule has 116 valence electrons. The summed E-state index contributed by atoms with van der Waals surface area (Å²) in [6, 6.07) is 1.97. The van der Waals surface area contributed by atoms with Crippen molar-refractivity contribution in [1.82, 2.24) is 10.3 Å². The molecule has 1 aromatic heterocycles. The lowest BCUT2D eigenvalue weighted by atomic mass is 10.0. The quantitative estimate of drug-likeness (QED) is 0.919. The Morgan fingerprint density at radius 2 is 2.14 bits per heavy atom. The minimum Gasteiger partial charge on any atom is -0.444 e. The van der Waals surface area contributed by atoms with Gasteiger partial charge in [-0.05, 0) is 51.7 Å². The molecule has 1 aliphatic carbocycles. The lowest BCUT2D eigenvalue weighted by Crippen LogP contribution is -2.37. The summed E-state index contributed by atoms with van der Waals surface area (Å²) in [4.78, 5) is 16.3. The summed E-state index contributed by atoms with van der Waals surface area (Å²) >= 11 is 6.35. The van der Waals surface area contributed by atoms with Crippen LogP contribution in [0.4, 0.5) is 4.79 Å². The van der Waals surface area contributed by atoms with E-state index in [0.717, 1.165) is 30.5 Å². The highest BCUT2D eigenvalue weighted by molar-refractivity contribution is 6.31. The molecule has 1 fully saturated rings. The van der Waals surface area contributed by atoms with E-state index in [1.54, 1.807) is 0 Å². The predicted molar refractivity (Wildman–Crippen MR) is 83.8 cm³/mol. The fourth-order valence-corrected chi connectivity index (χ4v) is 2.65. The van der Waals surface area contributed by atoms with Gasteiger partial charge < -0.3 is 10.1 Å². The van der Waals surface area contributed by atoms with Crippen molar-refractivity contribution in [3.05, 3.63) is 28.5 Å². The van der Waals surface area contributed by atoms with Crippen LogP contribution in [-0.4, -0.2) is 23.2 Å². The van der Waals surface area contributed by atoms with E-state index in [0.29, 0.717) is 11.6 Å². The summed E-state index contributed by atoms with van der Waals surface area (Å²) in [5, 5.41) is 3.53. The van der Waals surface area contributed by atoms with Crippen LogP contribution in [0.2, 0.25) is 5.02 Å². The zero-order chi connectivity index (χ0) is 15.7. The molecule has 1 N–H and O–H groups in total. The number of hydrogen-bond acceptors (Lipinski definition) is 3. The molecular weight excluding hydrogens is 288 g/mol. The van der Waals surface area contributed by atoms with E-state index in [4.69, 9.17) is 16.3 Å². The predicted octanol–water partition coefficient (Wildman–Crippen LogP) is 3.85. The van der Waals surface area contributed by atoms with Crippen molar-refractivity contribution in [1.29, 1.82) is 0 Å². The monoisotopic (exact) mass is 310 g/mol. The SMILES string of the molecule is CCc1cnc(C2(CNC(=O)OC(C)(C)C)CC2)c(Cl)c1. The summed E-state index contributed by atoms with van der Waals surface area (Å²) in [7, 11) is 0. The van der Waals surface area contributed by atoms with Crippen LogP contribution in [0.5, 0.6) is 0 Å². The molecule has 0 saturated heterocycles. The Bertz CT molecular complexity index is 534. The zero-order valence-electron chi connectivity index (χ0n) is 13.1. The number of aryl methyl sites for hydroxylation is 1. The van der Waals surface area contributed by atoms with Crippen molar-refractivity contribution in [3.8, 4) is 0 Å². The third kappa shape index (κ3) is 4.10. The number of nitrogens with zero attached hydrogens (tertiary/aromatic N) is 1. The molecule has 0 atom stereocenters. The fourth-order valence-electron chi connectivity index (χ4n) is 2.26. The zero-order valence-corrected chi connectivity index (χ0v) is 13.9. The molecule has 4 nitrogen and oxygen atoms in total. The molecule has 1 saturated carbocycles. The van der Waals surface area contributed by atoms with E-state index in [2.05, 4.69) is 17.2 Å². The highest BCUT2D eigenvalue weighted by Gasteiger charge is 2.47. The van der Waals surface area contributed by atoms with Gasteiger partial charge in [-0.3, -0.25) is 4.98 Å². The van der Waals surface area contributed by atoms with Gasteiger partial charge in [0.25, 0.3) is 0 Å². The number of ether oxygens (including phenoxy) is 1. The number of hydrogen-bond donors (Lipinski definition) is 1. The first-order chi connectivity index (χ1) is 9.76. The number of aromatic nitrogens is 1. The van der Waals surface area contributed by atoms with Gasteiger partial charge >= 0.3 is 6.09 Å². The highest BCUT2D eigenvalue weighted by Crippen LogP contribution is 2.49. The Morgan fingerprint density at radius 3 is 2.62 bits per heavy atom. The van der Waals surface area contributed by atoms with Crippen LogP contribution in [0.1, 0.15) is 51.8 Å². The minimum atomic E-state index is -0.487. The molecule has 1 aliphatic rings. The van der Waals surface area contributed by atoms with Gasteiger partial charge in [0.15, 0.2) is 0 Å². The van der Waals surface area contributed by atoms with Gasteiger partial charge in [-0.1, -0.05) is 18.5 Å². The minimum absolute atomic E-state index is 0.125. The van der Waals surface area contributed by atoms with Crippen molar-refractivity contribution in [3.63, 3.8) is 0 Å². The third-order valence-electron chi connectivity index (χ3n) is 3.63. The summed E-state index contributed by atoms with van der Waals surface area (Å²) in [6.07, 6.45) is 4.36. The van der Waals surface area contributed by atoms with E-state index >= 15 is 0 Å². The fraction of sp³-hybridized carbons (Fsp3) is 0.625. The molecule has 0 spiro atoms. The van der Waals surface area contributed by atoms with Gasteiger partial charge in [0.05, 0.1) is 10.7 Å².